The number of aliphatic hydroxyl groups is 1. The third-order valence-electron chi connectivity index (χ3n) is 2.99. The van der Waals surface area contributed by atoms with Crippen LogP contribution < -0.4 is 9.46 Å². The van der Waals surface area contributed by atoms with Crippen molar-refractivity contribution in [2.75, 3.05) is 7.11 Å². The van der Waals surface area contributed by atoms with Crippen molar-refractivity contribution >= 4 is 10.0 Å². The lowest BCUT2D eigenvalue weighted by Crippen LogP contribution is -2.23. The van der Waals surface area contributed by atoms with Gasteiger partial charge in [0.05, 0.1) is 7.11 Å². The van der Waals surface area contributed by atoms with E-state index in [2.05, 4.69) is 4.72 Å². The van der Waals surface area contributed by atoms with E-state index in [1.54, 1.807) is 38.3 Å². The molecule has 0 aliphatic carbocycles. The van der Waals surface area contributed by atoms with Crippen molar-refractivity contribution in [3.63, 3.8) is 0 Å². The Balaban J connectivity index is 2.11. The van der Waals surface area contributed by atoms with E-state index in [1.165, 1.54) is 6.07 Å². The van der Waals surface area contributed by atoms with Crippen molar-refractivity contribution in [1.29, 1.82) is 0 Å². The van der Waals surface area contributed by atoms with Crippen LogP contribution in [-0.2, 0) is 23.2 Å². The number of methoxy groups -OCH3 is 1. The summed E-state index contributed by atoms with van der Waals surface area (Å²) in [5.41, 5.74) is 0.808. The van der Waals surface area contributed by atoms with Crippen LogP contribution in [0.1, 0.15) is 17.1 Å². The Morgan fingerprint density at radius 2 is 1.95 bits per heavy atom. The van der Waals surface area contributed by atoms with E-state index in [1.807, 2.05) is 0 Å². The molecule has 6 nitrogen and oxygen atoms in total. The maximum atomic E-state index is 12.2. The molecule has 0 atom stereocenters. The number of benzene rings is 1. The van der Waals surface area contributed by atoms with Crippen molar-refractivity contribution in [2.24, 2.45) is 0 Å². The minimum Gasteiger partial charge on any atom is -0.497 e. The van der Waals surface area contributed by atoms with E-state index < -0.39 is 10.0 Å². The molecule has 114 valence electrons. The first kappa shape index (κ1) is 15.6. The Hall–Kier alpha value is -1.83. The third kappa shape index (κ3) is 3.63. The highest BCUT2D eigenvalue weighted by Gasteiger charge is 2.20. The largest absolute Gasteiger partial charge is 0.497 e. The van der Waals surface area contributed by atoms with Crippen molar-refractivity contribution in [3.8, 4) is 5.75 Å². The van der Waals surface area contributed by atoms with Crippen LogP contribution in [0.3, 0.4) is 0 Å². The molecule has 0 unspecified atom stereocenters. The summed E-state index contributed by atoms with van der Waals surface area (Å²) in [7, 11) is -2.11. The average Bonchev–Trinajstić information content (AvgIpc) is 2.88. The Labute approximate surface area is 123 Å². The lowest BCUT2D eigenvalue weighted by molar-refractivity contribution is 0.244. The van der Waals surface area contributed by atoms with Gasteiger partial charge in [-0.25, -0.2) is 13.1 Å². The second kappa shape index (κ2) is 6.30. The quantitative estimate of drug-likeness (QED) is 0.845. The smallest absolute Gasteiger partial charge is 0.244 e. The monoisotopic (exact) mass is 311 g/mol. The van der Waals surface area contributed by atoms with Gasteiger partial charge in [0, 0.05) is 12.6 Å². The zero-order valence-electron chi connectivity index (χ0n) is 11.8. The fraction of sp³-hybridized carbons (Fsp3) is 0.286. The molecule has 0 radical (unpaired) electrons. The highest BCUT2D eigenvalue weighted by molar-refractivity contribution is 7.89. The molecule has 1 aromatic carbocycles. The lowest BCUT2D eigenvalue weighted by atomic mass is 10.2. The number of rotatable bonds is 6. The Morgan fingerprint density at radius 3 is 2.48 bits per heavy atom. The molecular weight excluding hydrogens is 294 g/mol. The minimum absolute atomic E-state index is 0.0417. The summed E-state index contributed by atoms with van der Waals surface area (Å²) in [6.45, 7) is 1.36. The first-order valence-electron chi connectivity index (χ1n) is 6.29. The van der Waals surface area contributed by atoms with Crippen molar-refractivity contribution in [3.05, 3.63) is 47.4 Å². The highest BCUT2D eigenvalue weighted by Crippen LogP contribution is 2.20. The van der Waals surface area contributed by atoms with E-state index in [-0.39, 0.29) is 29.6 Å². The van der Waals surface area contributed by atoms with Crippen LogP contribution in [0.15, 0.2) is 39.6 Å². The van der Waals surface area contributed by atoms with Gasteiger partial charge in [0.15, 0.2) is 0 Å². The number of furan rings is 1. The zero-order chi connectivity index (χ0) is 15.5. The molecule has 0 saturated carbocycles. The molecule has 1 aromatic heterocycles. The third-order valence-corrected chi connectivity index (χ3v) is 4.50. The van der Waals surface area contributed by atoms with E-state index >= 15 is 0 Å². The molecule has 0 fully saturated rings. The highest BCUT2D eigenvalue weighted by atomic mass is 32.2. The van der Waals surface area contributed by atoms with Crippen LogP contribution in [0, 0.1) is 6.92 Å². The molecular formula is C14H17NO5S. The predicted octanol–water partition coefficient (Wildman–Crippen LogP) is 1.57. The van der Waals surface area contributed by atoms with Gasteiger partial charge in [-0.05, 0) is 24.6 Å². The van der Waals surface area contributed by atoms with Crippen LogP contribution in [0.2, 0.25) is 0 Å². The van der Waals surface area contributed by atoms with Crippen LogP contribution in [0.4, 0.5) is 0 Å². The van der Waals surface area contributed by atoms with Gasteiger partial charge in [-0.15, -0.1) is 0 Å². The van der Waals surface area contributed by atoms with Gasteiger partial charge in [0.2, 0.25) is 10.0 Å². The Morgan fingerprint density at radius 1 is 1.29 bits per heavy atom. The normalized spacial score (nSPS) is 11.6. The molecule has 2 aromatic rings. The van der Waals surface area contributed by atoms with Crippen LogP contribution in [0.5, 0.6) is 5.75 Å². The summed E-state index contributed by atoms with van der Waals surface area (Å²) >= 11 is 0. The number of nitrogens with one attached hydrogen (secondary N) is 1. The molecule has 21 heavy (non-hydrogen) atoms. The van der Waals surface area contributed by atoms with Crippen molar-refractivity contribution in [2.45, 2.75) is 25.0 Å². The molecule has 0 spiro atoms. The van der Waals surface area contributed by atoms with Gasteiger partial charge in [-0.1, -0.05) is 12.1 Å². The summed E-state index contributed by atoms with van der Waals surface area (Å²) in [6, 6.07) is 8.41. The minimum atomic E-state index is -3.68. The second-order valence-corrected chi connectivity index (χ2v) is 6.20. The number of hydrogen-bond acceptors (Lipinski definition) is 5. The summed E-state index contributed by atoms with van der Waals surface area (Å²) in [4.78, 5) is 0.0417. The zero-order valence-corrected chi connectivity index (χ0v) is 12.6. The second-order valence-electron chi connectivity index (χ2n) is 4.46. The van der Waals surface area contributed by atoms with Gasteiger partial charge >= 0.3 is 0 Å². The van der Waals surface area contributed by atoms with Crippen LogP contribution in [-0.4, -0.2) is 20.6 Å². The molecule has 0 saturated heterocycles. The van der Waals surface area contributed by atoms with E-state index in [0.29, 0.717) is 5.75 Å². The lowest BCUT2D eigenvalue weighted by Gasteiger charge is -2.06. The van der Waals surface area contributed by atoms with Gasteiger partial charge in [0.25, 0.3) is 0 Å². The van der Waals surface area contributed by atoms with Gasteiger partial charge in [-0.3, -0.25) is 0 Å². The molecule has 2 N–H and O–H groups in total. The topological polar surface area (TPSA) is 88.8 Å². The van der Waals surface area contributed by atoms with Gasteiger partial charge < -0.3 is 14.3 Å². The maximum Gasteiger partial charge on any atom is 0.244 e. The summed E-state index contributed by atoms with van der Waals surface area (Å²) in [5, 5.41) is 8.98. The van der Waals surface area contributed by atoms with E-state index in [0.717, 1.165) is 5.56 Å². The SMILES string of the molecule is COc1ccc(CNS(=O)(=O)c2cc(CO)oc2C)cc1. The van der Waals surface area contributed by atoms with E-state index in [4.69, 9.17) is 14.3 Å². The molecule has 1 heterocycles. The fourth-order valence-corrected chi connectivity index (χ4v) is 3.09. The van der Waals surface area contributed by atoms with Gasteiger partial charge in [0.1, 0.15) is 28.8 Å². The molecule has 0 bridgehead atoms. The summed E-state index contributed by atoms with van der Waals surface area (Å²) in [6.07, 6.45) is 0. The summed E-state index contributed by atoms with van der Waals surface area (Å²) < 4.78 is 37.1. The molecule has 0 aliphatic rings. The predicted molar refractivity (Wildman–Crippen MR) is 76.4 cm³/mol. The number of aryl methyl sites for hydroxylation is 1. The van der Waals surface area contributed by atoms with Crippen molar-refractivity contribution in [1.82, 2.24) is 4.72 Å². The molecule has 0 aliphatic heterocycles. The maximum absolute atomic E-state index is 12.2. The summed E-state index contributed by atoms with van der Waals surface area (Å²) in [5.74, 6) is 1.18. The van der Waals surface area contributed by atoms with Crippen molar-refractivity contribution < 1.29 is 22.7 Å². The molecule has 7 heteroatoms. The van der Waals surface area contributed by atoms with Gasteiger partial charge in [-0.2, -0.15) is 0 Å². The average molecular weight is 311 g/mol. The molecule has 0 amide bonds. The van der Waals surface area contributed by atoms with Crippen LogP contribution >= 0.6 is 0 Å². The standard InChI is InChI=1S/C14H17NO5S/c1-10-14(7-13(9-16)20-10)21(17,18)15-8-11-3-5-12(19-2)6-4-11/h3-7,15-16H,8-9H2,1-2H3. The first-order chi connectivity index (χ1) is 9.96. The molecule has 2 rings (SSSR count). The Kier molecular flexibility index (Phi) is 4.66. The first-order valence-corrected chi connectivity index (χ1v) is 7.77. The van der Waals surface area contributed by atoms with Crippen LogP contribution in [0.25, 0.3) is 0 Å². The fourth-order valence-electron chi connectivity index (χ4n) is 1.87. The Bertz CT molecular complexity index is 703. The number of ether oxygens (including phenoxy) is 1. The van der Waals surface area contributed by atoms with E-state index in [9.17, 15) is 8.42 Å². The number of aliphatic hydroxyl groups excluding tert-OH is 1. The number of hydrogen-bond donors (Lipinski definition) is 2. The number of sulfonamides is 1.